The fraction of sp³-hybridized carbons (Fsp3) is 0.455. The van der Waals surface area contributed by atoms with Gasteiger partial charge in [-0.1, -0.05) is 19.4 Å². The normalized spacial score (nSPS) is 12.9. The van der Waals surface area contributed by atoms with Crippen LogP contribution in [0, 0.1) is 11.6 Å². The van der Waals surface area contributed by atoms with Gasteiger partial charge in [-0.2, -0.15) is 0 Å². The molecule has 0 fully saturated rings. The third-order valence-electron chi connectivity index (χ3n) is 2.06. The summed E-state index contributed by atoms with van der Waals surface area (Å²) in [6, 6.07) is 3.61. The van der Waals surface area contributed by atoms with E-state index in [1.807, 2.05) is 6.92 Å². The first-order valence-corrected chi connectivity index (χ1v) is 5.15. The molecule has 0 bridgehead atoms. The zero-order chi connectivity index (χ0) is 10.6. The molecule has 1 rings (SSSR count). The van der Waals surface area contributed by atoms with Gasteiger partial charge in [0.2, 0.25) is 0 Å². The van der Waals surface area contributed by atoms with E-state index in [2.05, 4.69) is 0 Å². The molecule has 0 aliphatic rings. The number of alkyl halides is 1. The lowest BCUT2D eigenvalue weighted by molar-refractivity contribution is 0.567. The third kappa shape index (κ3) is 3.26. The molecule has 0 aromatic heterocycles. The maximum absolute atomic E-state index is 13.2. The molecule has 0 heterocycles. The van der Waals surface area contributed by atoms with Gasteiger partial charge in [0.15, 0.2) is 0 Å². The highest BCUT2D eigenvalue weighted by Gasteiger charge is 2.09. The zero-order valence-corrected chi connectivity index (χ0v) is 8.82. The van der Waals surface area contributed by atoms with Crippen LogP contribution in [-0.4, -0.2) is 5.38 Å². The molecular weight excluding hydrogens is 206 g/mol. The van der Waals surface area contributed by atoms with Gasteiger partial charge in [0.25, 0.3) is 0 Å². The molecule has 0 aliphatic carbocycles. The van der Waals surface area contributed by atoms with Crippen molar-refractivity contribution in [3.63, 3.8) is 0 Å². The van der Waals surface area contributed by atoms with Crippen molar-refractivity contribution in [2.75, 3.05) is 0 Å². The van der Waals surface area contributed by atoms with E-state index < -0.39 is 11.6 Å². The molecule has 1 aromatic carbocycles. The smallest absolute Gasteiger partial charge is 0.129 e. The number of hydrogen-bond acceptors (Lipinski definition) is 0. The van der Waals surface area contributed by atoms with Crippen LogP contribution < -0.4 is 0 Å². The maximum atomic E-state index is 13.2. The van der Waals surface area contributed by atoms with Gasteiger partial charge in [-0.05, 0) is 24.5 Å². The van der Waals surface area contributed by atoms with Crippen molar-refractivity contribution in [1.82, 2.24) is 0 Å². The van der Waals surface area contributed by atoms with Gasteiger partial charge < -0.3 is 0 Å². The molecule has 0 saturated carbocycles. The Balaban J connectivity index is 2.67. The predicted molar refractivity (Wildman–Crippen MR) is 54.6 cm³/mol. The van der Waals surface area contributed by atoms with E-state index in [1.165, 1.54) is 12.1 Å². The Bertz CT molecular complexity index is 299. The Morgan fingerprint density at radius 3 is 2.64 bits per heavy atom. The van der Waals surface area contributed by atoms with Crippen molar-refractivity contribution in [3.05, 3.63) is 35.4 Å². The molecule has 1 aromatic rings. The van der Waals surface area contributed by atoms with Gasteiger partial charge in [0, 0.05) is 11.4 Å². The van der Waals surface area contributed by atoms with Crippen LogP contribution in [0.3, 0.4) is 0 Å². The SMILES string of the molecule is CCCC(Cl)Cc1ccc(F)cc1F. The summed E-state index contributed by atoms with van der Waals surface area (Å²) in [7, 11) is 0. The van der Waals surface area contributed by atoms with Gasteiger partial charge in [0.1, 0.15) is 11.6 Å². The van der Waals surface area contributed by atoms with E-state index in [-0.39, 0.29) is 5.38 Å². The number of hydrogen-bond donors (Lipinski definition) is 0. The van der Waals surface area contributed by atoms with Gasteiger partial charge in [0.05, 0.1) is 0 Å². The van der Waals surface area contributed by atoms with Crippen molar-refractivity contribution in [2.24, 2.45) is 0 Å². The highest BCUT2D eigenvalue weighted by molar-refractivity contribution is 6.20. The molecule has 3 heteroatoms. The lowest BCUT2D eigenvalue weighted by Crippen LogP contribution is -2.04. The highest BCUT2D eigenvalue weighted by Crippen LogP contribution is 2.16. The molecule has 1 atom stereocenters. The first kappa shape index (κ1) is 11.4. The molecule has 78 valence electrons. The molecule has 0 spiro atoms. The zero-order valence-electron chi connectivity index (χ0n) is 8.06. The van der Waals surface area contributed by atoms with E-state index in [9.17, 15) is 8.78 Å². The highest BCUT2D eigenvalue weighted by atomic mass is 35.5. The molecule has 0 aliphatic heterocycles. The largest absolute Gasteiger partial charge is 0.207 e. The van der Waals surface area contributed by atoms with E-state index in [4.69, 9.17) is 11.6 Å². The third-order valence-corrected chi connectivity index (χ3v) is 2.43. The monoisotopic (exact) mass is 218 g/mol. The second-order valence-corrected chi connectivity index (χ2v) is 3.94. The summed E-state index contributed by atoms with van der Waals surface area (Å²) in [5, 5.41) is -0.0695. The fourth-order valence-electron chi connectivity index (χ4n) is 1.34. The summed E-state index contributed by atoms with van der Waals surface area (Å²) in [6.45, 7) is 2.02. The van der Waals surface area contributed by atoms with Crippen LogP contribution in [0.5, 0.6) is 0 Å². The summed E-state index contributed by atoms with van der Waals surface area (Å²) in [5.74, 6) is -1.06. The van der Waals surface area contributed by atoms with E-state index in [0.717, 1.165) is 18.9 Å². The van der Waals surface area contributed by atoms with Crippen LogP contribution in [0.15, 0.2) is 18.2 Å². The minimum Gasteiger partial charge on any atom is -0.207 e. The standard InChI is InChI=1S/C11H13ClF2/c1-2-3-9(12)6-8-4-5-10(13)7-11(8)14/h4-5,7,9H,2-3,6H2,1H3. The summed E-state index contributed by atoms with van der Waals surface area (Å²) in [5.41, 5.74) is 0.486. The maximum Gasteiger partial charge on any atom is 0.129 e. The van der Waals surface area contributed by atoms with Crippen LogP contribution in [0.1, 0.15) is 25.3 Å². The quantitative estimate of drug-likeness (QED) is 0.672. The van der Waals surface area contributed by atoms with Crippen molar-refractivity contribution < 1.29 is 8.78 Å². The molecule has 0 radical (unpaired) electrons. The lowest BCUT2D eigenvalue weighted by atomic mass is 10.1. The molecule has 0 amide bonds. The molecule has 14 heavy (non-hydrogen) atoms. The van der Waals surface area contributed by atoms with E-state index in [1.54, 1.807) is 0 Å². The summed E-state index contributed by atoms with van der Waals surface area (Å²) in [4.78, 5) is 0. The second-order valence-electron chi connectivity index (χ2n) is 3.33. The Hall–Kier alpha value is -0.630. The van der Waals surface area contributed by atoms with Crippen molar-refractivity contribution in [1.29, 1.82) is 0 Å². The molecule has 0 saturated heterocycles. The van der Waals surface area contributed by atoms with Crippen molar-refractivity contribution in [3.8, 4) is 0 Å². The van der Waals surface area contributed by atoms with Crippen LogP contribution in [0.2, 0.25) is 0 Å². The Kier molecular flexibility index (Phi) is 4.33. The average Bonchev–Trinajstić information content (AvgIpc) is 2.10. The van der Waals surface area contributed by atoms with Crippen LogP contribution in [0.25, 0.3) is 0 Å². The van der Waals surface area contributed by atoms with E-state index in [0.29, 0.717) is 12.0 Å². The minimum absolute atomic E-state index is 0.0695. The number of halogens is 3. The topological polar surface area (TPSA) is 0 Å². The first-order chi connectivity index (χ1) is 6.63. The number of rotatable bonds is 4. The summed E-state index contributed by atoms with van der Waals surface area (Å²) < 4.78 is 25.7. The average molecular weight is 219 g/mol. The van der Waals surface area contributed by atoms with Crippen LogP contribution in [-0.2, 0) is 6.42 Å². The molecular formula is C11H13ClF2. The molecule has 1 unspecified atom stereocenters. The Labute approximate surface area is 87.9 Å². The van der Waals surface area contributed by atoms with Gasteiger partial charge >= 0.3 is 0 Å². The second kappa shape index (κ2) is 5.30. The molecule has 0 N–H and O–H groups in total. The van der Waals surface area contributed by atoms with Gasteiger partial charge in [-0.25, -0.2) is 8.78 Å². The Morgan fingerprint density at radius 2 is 2.07 bits per heavy atom. The fourth-order valence-corrected chi connectivity index (χ4v) is 1.73. The number of benzene rings is 1. The van der Waals surface area contributed by atoms with Crippen LogP contribution in [0.4, 0.5) is 8.78 Å². The predicted octanol–water partition coefficient (Wildman–Crippen LogP) is 3.91. The summed E-state index contributed by atoms with van der Waals surface area (Å²) >= 11 is 5.97. The van der Waals surface area contributed by atoms with Crippen molar-refractivity contribution >= 4 is 11.6 Å². The Morgan fingerprint density at radius 1 is 1.36 bits per heavy atom. The molecule has 0 nitrogen and oxygen atoms in total. The summed E-state index contributed by atoms with van der Waals surface area (Å²) in [6.07, 6.45) is 2.27. The minimum atomic E-state index is -0.548. The van der Waals surface area contributed by atoms with Crippen molar-refractivity contribution in [2.45, 2.75) is 31.6 Å². The van der Waals surface area contributed by atoms with Gasteiger partial charge in [-0.15, -0.1) is 11.6 Å². The van der Waals surface area contributed by atoms with E-state index >= 15 is 0 Å². The first-order valence-electron chi connectivity index (χ1n) is 4.71. The lowest BCUT2D eigenvalue weighted by Gasteiger charge is -2.08. The van der Waals surface area contributed by atoms with Crippen LogP contribution >= 0.6 is 11.6 Å². The van der Waals surface area contributed by atoms with Gasteiger partial charge in [-0.3, -0.25) is 0 Å².